The summed E-state index contributed by atoms with van der Waals surface area (Å²) in [6.07, 6.45) is 1.07. The Morgan fingerprint density at radius 3 is 2.50 bits per heavy atom. The van der Waals surface area contributed by atoms with Gasteiger partial charge in [0.05, 0.1) is 4.90 Å². The van der Waals surface area contributed by atoms with Crippen LogP contribution >= 0.6 is 0 Å². The zero-order chi connectivity index (χ0) is 15.3. The molecule has 0 aliphatic rings. The van der Waals surface area contributed by atoms with Crippen LogP contribution in [0.2, 0.25) is 0 Å². The molecule has 2 amide bonds. The molecule has 2 N–H and O–H groups in total. The van der Waals surface area contributed by atoms with E-state index in [-0.39, 0.29) is 16.4 Å². The Kier molecular flexibility index (Phi) is 5.26. The average Bonchev–Trinajstić information content (AvgIpc) is 2.38. The molecule has 1 aromatic carbocycles. The van der Waals surface area contributed by atoms with Crippen molar-refractivity contribution < 1.29 is 18.0 Å². The van der Waals surface area contributed by atoms with Gasteiger partial charge in [-0.3, -0.25) is 9.59 Å². The number of nitrogens with one attached hydrogen (secondary N) is 2. The number of hydrogen-bond acceptors (Lipinski definition) is 4. The molecule has 1 rings (SSSR count). The topological polar surface area (TPSA) is 92.3 Å². The highest BCUT2D eigenvalue weighted by atomic mass is 32.2. The largest absolute Gasteiger partial charge is 0.355 e. The molecule has 0 aromatic heterocycles. The van der Waals surface area contributed by atoms with Crippen LogP contribution in [0.15, 0.2) is 29.2 Å². The number of likely N-dealkylation sites (N-methyl/N-ethyl adjacent to an activating group) is 1. The lowest BCUT2D eigenvalue weighted by atomic mass is 10.2. The number of carbonyl (C=O) groups excluding carboxylic acids is 2. The molecule has 0 radical (unpaired) electrons. The second-order valence-corrected chi connectivity index (χ2v) is 6.41. The summed E-state index contributed by atoms with van der Waals surface area (Å²) < 4.78 is 22.9. The van der Waals surface area contributed by atoms with Crippen LogP contribution in [0.1, 0.15) is 24.2 Å². The van der Waals surface area contributed by atoms with Gasteiger partial charge < -0.3 is 10.6 Å². The van der Waals surface area contributed by atoms with E-state index in [1.807, 2.05) is 0 Å². The minimum Gasteiger partial charge on any atom is -0.355 e. The highest BCUT2D eigenvalue weighted by molar-refractivity contribution is 7.90. The fourth-order valence-electron chi connectivity index (χ4n) is 1.54. The van der Waals surface area contributed by atoms with Crippen molar-refractivity contribution in [3.63, 3.8) is 0 Å². The number of rotatable bonds is 5. The van der Waals surface area contributed by atoms with Gasteiger partial charge in [-0.2, -0.15) is 0 Å². The Hall–Kier alpha value is -1.89. The SMILES string of the molecule is CCNC(=O)[C@@H](C)NC(=O)c1cccc(S(C)(=O)=O)c1. The normalized spacial score (nSPS) is 12.6. The first-order valence-corrected chi connectivity index (χ1v) is 8.03. The number of carbonyl (C=O) groups is 2. The lowest BCUT2D eigenvalue weighted by Gasteiger charge is -2.13. The third-order valence-electron chi connectivity index (χ3n) is 2.62. The van der Waals surface area contributed by atoms with Crippen molar-refractivity contribution in [2.24, 2.45) is 0 Å². The molecule has 1 aromatic rings. The minimum absolute atomic E-state index is 0.0656. The van der Waals surface area contributed by atoms with Crippen LogP contribution < -0.4 is 10.6 Å². The highest BCUT2D eigenvalue weighted by Crippen LogP contribution is 2.11. The molecule has 0 aliphatic carbocycles. The summed E-state index contributed by atoms with van der Waals surface area (Å²) in [5.41, 5.74) is 0.198. The zero-order valence-corrected chi connectivity index (χ0v) is 12.5. The Bertz CT molecular complexity index is 611. The van der Waals surface area contributed by atoms with Crippen LogP contribution in [-0.2, 0) is 14.6 Å². The van der Waals surface area contributed by atoms with Gasteiger partial charge in [0.25, 0.3) is 5.91 Å². The predicted octanol–water partition coefficient (Wildman–Crippen LogP) is 0.344. The van der Waals surface area contributed by atoms with Crippen molar-refractivity contribution in [3.05, 3.63) is 29.8 Å². The lowest BCUT2D eigenvalue weighted by molar-refractivity contribution is -0.122. The summed E-state index contributed by atoms with van der Waals surface area (Å²) >= 11 is 0. The number of amides is 2. The molecular weight excluding hydrogens is 280 g/mol. The van der Waals surface area contributed by atoms with Crippen LogP contribution in [0, 0.1) is 0 Å². The molecule has 0 spiro atoms. The molecular formula is C13H18N2O4S. The van der Waals surface area contributed by atoms with E-state index in [2.05, 4.69) is 10.6 Å². The first-order valence-electron chi connectivity index (χ1n) is 6.14. The van der Waals surface area contributed by atoms with Crippen LogP contribution in [0.4, 0.5) is 0 Å². The van der Waals surface area contributed by atoms with E-state index in [9.17, 15) is 18.0 Å². The number of hydrogen-bond donors (Lipinski definition) is 2. The van der Waals surface area contributed by atoms with Gasteiger partial charge in [-0.25, -0.2) is 8.42 Å². The van der Waals surface area contributed by atoms with Gasteiger partial charge in [-0.05, 0) is 32.0 Å². The predicted molar refractivity (Wildman–Crippen MR) is 75.2 cm³/mol. The van der Waals surface area contributed by atoms with Crippen LogP contribution in [-0.4, -0.2) is 39.1 Å². The Morgan fingerprint density at radius 2 is 1.95 bits per heavy atom. The summed E-state index contributed by atoms with van der Waals surface area (Å²) in [6, 6.07) is 5.00. The lowest BCUT2D eigenvalue weighted by Crippen LogP contribution is -2.44. The maximum absolute atomic E-state index is 12.0. The molecule has 110 valence electrons. The summed E-state index contributed by atoms with van der Waals surface area (Å²) in [6.45, 7) is 3.81. The molecule has 0 saturated heterocycles. The molecule has 0 heterocycles. The highest BCUT2D eigenvalue weighted by Gasteiger charge is 2.17. The molecule has 20 heavy (non-hydrogen) atoms. The van der Waals surface area contributed by atoms with Gasteiger partial charge in [0, 0.05) is 18.4 Å². The number of benzene rings is 1. The van der Waals surface area contributed by atoms with E-state index < -0.39 is 21.8 Å². The fraction of sp³-hybridized carbons (Fsp3) is 0.385. The third-order valence-corrected chi connectivity index (χ3v) is 3.73. The first-order chi connectivity index (χ1) is 9.25. The first kappa shape index (κ1) is 16.2. The summed E-state index contributed by atoms with van der Waals surface area (Å²) in [5, 5.41) is 5.10. The van der Waals surface area contributed by atoms with Crippen LogP contribution in [0.5, 0.6) is 0 Å². The maximum atomic E-state index is 12.0. The van der Waals surface area contributed by atoms with E-state index in [0.717, 1.165) is 6.26 Å². The van der Waals surface area contributed by atoms with E-state index >= 15 is 0 Å². The molecule has 7 heteroatoms. The van der Waals surface area contributed by atoms with Crippen molar-refractivity contribution in [2.75, 3.05) is 12.8 Å². The van der Waals surface area contributed by atoms with Gasteiger partial charge in [0.2, 0.25) is 5.91 Å². The van der Waals surface area contributed by atoms with Crippen LogP contribution in [0.3, 0.4) is 0 Å². The summed E-state index contributed by atoms with van der Waals surface area (Å²) in [7, 11) is -3.37. The number of sulfone groups is 1. The van der Waals surface area contributed by atoms with Crippen molar-refractivity contribution in [3.8, 4) is 0 Å². The van der Waals surface area contributed by atoms with Gasteiger partial charge in [0.1, 0.15) is 6.04 Å². The summed E-state index contributed by atoms with van der Waals surface area (Å²) in [4.78, 5) is 23.5. The van der Waals surface area contributed by atoms with Gasteiger partial charge in [-0.1, -0.05) is 6.07 Å². The molecule has 0 fully saturated rings. The molecule has 0 bridgehead atoms. The molecule has 0 aliphatic heterocycles. The van der Waals surface area contributed by atoms with Crippen molar-refractivity contribution in [1.29, 1.82) is 0 Å². The Balaban J connectivity index is 2.86. The standard InChI is InChI=1S/C13H18N2O4S/c1-4-14-12(16)9(2)15-13(17)10-6-5-7-11(8-10)20(3,18)19/h5-9H,4H2,1-3H3,(H,14,16)(H,15,17)/t9-/m1/s1. The second kappa shape index (κ2) is 6.51. The van der Waals surface area contributed by atoms with Gasteiger partial charge in [-0.15, -0.1) is 0 Å². The van der Waals surface area contributed by atoms with E-state index in [4.69, 9.17) is 0 Å². The van der Waals surface area contributed by atoms with Crippen LogP contribution in [0.25, 0.3) is 0 Å². The van der Waals surface area contributed by atoms with E-state index in [1.165, 1.54) is 24.3 Å². The average molecular weight is 298 g/mol. The quantitative estimate of drug-likeness (QED) is 0.820. The van der Waals surface area contributed by atoms with Gasteiger partial charge >= 0.3 is 0 Å². The smallest absolute Gasteiger partial charge is 0.251 e. The van der Waals surface area contributed by atoms with Crippen molar-refractivity contribution in [2.45, 2.75) is 24.8 Å². The summed E-state index contributed by atoms with van der Waals surface area (Å²) in [5.74, 6) is -0.783. The van der Waals surface area contributed by atoms with Gasteiger partial charge in [0.15, 0.2) is 9.84 Å². The third kappa shape index (κ3) is 4.34. The van der Waals surface area contributed by atoms with E-state index in [1.54, 1.807) is 13.8 Å². The second-order valence-electron chi connectivity index (χ2n) is 4.39. The minimum atomic E-state index is -3.37. The zero-order valence-electron chi connectivity index (χ0n) is 11.6. The molecule has 1 atom stereocenters. The molecule has 6 nitrogen and oxygen atoms in total. The Morgan fingerprint density at radius 1 is 1.30 bits per heavy atom. The Labute approximate surface area is 118 Å². The maximum Gasteiger partial charge on any atom is 0.251 e. The van der Waals surface area contributed by atoms with Crippen molar-refractivity contribution in [1.82, 2.24) is 10.6 Å². The van der Waals surface area contributed by atoms with Crippen molar-refractivity contribution >= 4 is 21.7 Å². The van der Waals surface area contributed by atoms with E-state index in [0.29, 0.717) is 6.54 Å². The fourth-order valence-corrected chi connectivity index (χ4v) is 2.21. The molecule has 0 unspecified atom stereocenters. The monoisotopic (exact) mass is 298 g/mol. The molecule has 0 saturated carbocycles.